The van der Waals surface area contributed by atoms with Crippen molar-refractivity contribution in [3.63, 3.8) is 0 Å². The van der Waals surface area contributed by atoms with Gasteiger partial charge in [0.1, 0.15) is 0 Å². The van der Waals surface area contributed by atoms with Crippen molar-refractivity contribution in [3.8, 4) is 0 Å². The summed E-state index contributed by atoms with van der Waals surface area (Å²) in [4.78, 5) is 16.1. The summed E-state index contributed by atoms with van der Waals surface area (Å²) in [6.45, 7) is 11.8. The maximum absolute atomic E-state index is 11.4. The zero-order valence-electron chi connectivity index (χ0n) is 18.2. The van der Waals surface area contributed by atoms with Gasteiger partial charge in [-0.3, -0.25) is 9.79 Å². The molecule has 0 amide bonds. The average Bonchev–Trinajstić information content (AvgIpc) is 2.97. The molecule has 4 aliphatic rings. The van der Waals surface area contributed by atoms with E-state index in [4.69, 9.17) is 0 Å². The van der Waals surface area contributed by atoms with Gasteiger partial charge in [0.2, 0.25) is 0 Å². The minimum atomic E-state index is 0.183. The first kappa shape index (κ1) is 19.4. The van der Waals surface area contributed by atoms with E-state index >= 15 is 0 Å². The van der Waals surface area contributed by atoms with Crippen LogP contribution in [0.2, 0.25) is 0 Å². The number of nitrogens with zero attached hydrogens (tertiary/aromatic N) is 1. The Morgan fingerprint density at radius 2 is 1.89 bits per heavy atom. The van der Waals surface area contributed by atoms with Crippen LogP contribution in [0.3, 0.4) is 0 Å². The zero-order valence-corrected chi connectivity index (χ0v) is 18.2. The topological polar surface area (TPSA) is 29.4 Å². The number of carbonyl (C=O) groups is 1. The normalized spacial score (nSPS) is 46.9. The molecule has 0 spiro atoms. The molecule has 0 heterocycles. The summed E-state index contributed by atoms with van der Waals surface area (Å²) in [5.74, 6) is 4.27. The predicted octanol–water partition coefficient (Wildman–Crippen LogP) is 6.25. The SMILES string of the molecule is CC(=O)CN=C(C)C1CCC2C3CC=C4CC(C)CCC4(C)C3CCC12C. The van der Waals surface area contributed by atoms with E-state index in [1.807, 2.05) is 0 Å². The second-order valence-electron chi connectivity index (χ2n) is 10.9. The van der Waals surface area contributed by atoms with Crippen LogP contribution in [-0.2, 0) is 4.79 Å². The molecule has 7 unspecified atom stereocenters. The van der Waals surface area contributed by atoms with E-state index in [-0.39, 0.29) is 5.78 Å². The Kier molecular flexibility index (Phi) is 4.92. The molecule has 3 fully saturated rings. The third-order valence-electron chi connectivity index (χ3n) is 9.41. The predicted molar refractivity (Wildman–Crippen MR) is 113 cm³/mol. The highest BCUT2D eigenvalue weighted by Crippen LogP contribution is 2.66. The lowest BCUT2D eigenvalue weighted by molar-refractivity contribution is -0.115. The molecule has 7 atom stereocenters. The average molecular weight is 370 g/mol. The quantitative estimate of drug-likeness (QED) is 0.427. The highest BCUT2D eigenvalue weighted by atomic mass is 16.1. The van der Waals surface area contributed by atoms with Gasteiger partial charge in [-0.1, -0.05) is 32.4 Å². The molecular formula is C25H39NO. The molecule has 2 heteroatoms. The Hall–Kier alpha value is -0.920. The van der Waals surface area contributed by atoms with Gasteiger partial charge in [0.25, 0.3) is 0 Å². The molecule has 27 heavy (non-hydrogen) atoms. The van der Waals surface area contributed by atoms with Crippen LogP contribution in [0.4, 0.5) is 0 Å². The van der Waals surface area contributed by atoms with Gasteiger partial charge >= 0.3 is 0 Å². The summed E-state index contributed by atoms with van der Waals surface area (Å²) >= 11 is 0. The van der Waals surface area contributed by atoms with E-state index in [9.17, 15) is 4.79 Å². The number of ketones is 1. The molecule has 0 N–H and O–H groups in total. The minimum absolute atomic E-state index is 0.183. The zero-order chi connectivity index (χ0) is 19.4. The van der Waals surface area contributed by atoms with Crippen LogP contribution in [0.25, 0.3) is 0 Å². The molecule has 0 aromatic rings. The number of hydrogen-bond donors (Lipinski definition) is 0. The Balaban J connectivity index is 1.59. The number of allylic oxidation sites excluding steroid dienone is 2. The molecule has 0 bridgehead atoms. The number of Topliss-reactive ketones (excluding diaryl/α,β-unsaturated/α-hetero) is 1. The number of fused-ring (bicyclic) bond motifs is 5. The van der Waals surface area contributed by atoms with Gasteiger partial charge in [-0.15, -0.1) is 0 Å². The smallest absolute Gasteiger partial charge is 0.151 e. The maximum atomic E-state index is 11.4. The van der Waals surface area contributed by atoms with Crippen LogP contribution in [0.5, 0.6) is 0 Å². The van der Waals surface area contributed by atoms with Crippen LogP contribution in [0.1, 0.15) is 86.0 Å². The summed E-state index contributed by atoms with van der Waals surface area (Å²) < 4.78 is 0. The van der Waals surface area contributed by atoms with Gasteiger partial charge in [0.15, 0.2) is 5.78 Å². The van der Waals surface area contributed by atoms with Crippen LogP contribution in [0, 0.1) is 40.4 Å². The van der Waals surface area contributed by atoms with Crippen LogP contribution >= 0.6 is 0 Å². The highest BCUT2D eigenvalue weighted by molar-refractivity contribution is 5.88. The van der Waals surface area contributed by atoms with Crippen molar-refractivity contribution < 1.29 is 4.79 Å². The maximum Gasteiger partial charge on any atom is 0.151 e. The van der Waals surface area contributed by atoms with Crippen molar-refractivity contribution in [2.45, 2.75) is 86.0 Å². The van der Waals surface area contributed by atoms with Gasteiger partial charge in [0.05, 0.1) is 6.54 Å². The van der Waals surface area contributed by atoms with E-state index in [0.717, 1.165) is 23.7 Å². The van der Waals surface area contributed by atoms with Crippen molar-refractivity contribution in [3.05, 3.63) is 11.6 Å². The molecule has 4 aliphatic carbocycles. The van der Waals surface area contributed by atoms with Crippen molar-refractivity contribution in [1.82, 2.24) is 0 Å². The third kappa shape index (κ3) is 3.06. The summed E-state index contributed by atoms with van der Waals surface area (Å²) in [5.41, 5.74) is 3.93. The van der Waals surface area contributed by atoms with E-state index in [2.05, 4.69) is 38.8 Å². The fraction of sp³-hybridized carbons (Fsp3) is 0.840. The van der Waals surface area contributed by atoms with E-state index in [1.165, 1.54) is 57.1 Å². The Morgan fingerprint density at radius 1 is 1.11 bits per heavy atom. The first-order chi connectivity index (χ1) is 12.8. The third-order valence-corrected chi connectivity index (χ3v) is 9.41. The lowest BCUT2D eigenvalue weighted by atomic mass is 9.47. The number of rotatable bonds is 3. The number of carbonyl (C=O) groups excluding carboxylic acids is 1. The molecule has 0 aromatic carbocycles. The molecule has 0 radical (unpaired) electrons. The van der Waals surface area contributed by atoms with Crippen molar-refractivity contribution >= 4 is 11.5 Å². The lowest BCUT2D eigenvalue weighted by Crippen LogP contribution is -2.50. The van der Waals surface area contributed by atoms with Crippen LogP contribution < -0.4 is 0 Å². The van der Waals surface area contributed by atoms with Gasteiger partial charge in [0, 0.05) is 11.6 Å². The second-order valence-corrected chi connectivity index (χ2v) is 10.9. The molecule has 3 saturated carbocycles. The molecule has 4 rings (SSSR count). The summed E-state index contributed by atoms with van der Waals surface area (Å²) in [6.07, 6.45) is 13.6. The summed E-state index contributed by atoms with van der Waals surface area (Å²) in [5, 5.41) is 0. The molecule has 0 aromatic heterocycles. The van der Waals surface area contributed by atoms with E-state index < -0.39 is 0 Å². The Morgan fingerprint density at radius 3 is 2.63 bits per heavy atom. The highest BCUT2D eigenvalue weighted by Gasteiger charge is 2.58. The van der Waals surface area contributed by atoms with Crippen molar-refractivity contribution in [2.24, 2.45) is 45.4 Å². The fourth-order valence-electron chi connectivity index (χ4n) is 7.88. The summed E-state index contributed by atoms with van der Waals surface area (Å²) in [7, 11) is 0. The molecule has 2 nitrogen and oxygen atoms in total. The standard InChI is InChI=1S/C25H39NO/c1-16-10-12-24(4)19(14-16)6-7-20-22-9-8-21(18(3)26-15-17(2)27)25(22,5)13-11-23(20)24/h6,16,20-23H,7-15H2,1-5H3. The molecular weight excluding hydrogens is 330 g/mol. The summed E-state index contributed by atoms with van der Waals surface area (Å²) in [6, 6.07) is 0. The lowest BCUT2D eigenvalue weighted by Gasteiger charge is -2.58. The Bertz CT molecular complexity index is 676. The Labute approximate surface area is 166 Å². The van der Waals surface area contributed by atoms with Crippen LogP contribution in [-0.4, -0.2) is 18.0 Å². The largest absolute Gasteiger partial charge is 0.298 e. The van der Waals surface area contributed by atoms with Crippen LogP contribution in [0.15, 0.2) is 16.6 Å². The fourth-order valence-corrected chi connectivity index (χ4v) is 7.88. The monoisotopic (exact) mass is 369 g/mol. The first-order valence-corrected chi connectivity index (χ1v) is 11.5. The number of aliphatic imine (C=N–C) groups is 1. The molecule has 150 valence electrons. The molecule has 0 aliphatic heterocycles. The molecule has 0 saturated heterocycles. The van der Waals surface area contributed by atoms with E-state index in [1.54, 1.807) is 12.5 Å². The minimum Gasteiger partial charge on any atom is -0.298 e. The van der Waals surface area contributed by atoms with Crippen molar-refractivity contribution in [1.29, 1.82) is 0 Å². The van der Waals surface area contributed by atoms with Gasteiger partial charge in [-0.25, -0.2) is 0 Å². The van der Waals surface area contributed by atoms with Gasteiger partial charge in [-0.05, 0) is 99.7 Å². The van der Waals surface area contributed by atoms with Gasteiger partial charge < -0.3 is 0 Å². The number of hydrogen-bond acceptors (Lipinski definition) is 2. The van der Waals surface area contributed by atoms with Gasteiger partial charge in [-0.2, -0.15) is 0 Å². The second kappa shape index (κ2) is 6.85. The first-order valence-electron chi connectivity index (χ1n) is 11.5. The van der Waals surface area contributed by atoms with Crippen molar-refractivity contribution in [2.75, 3.05) is 6.54 Å². The van der Waals surface area contributed by atoms with E-state index in [0.29, 0.717) is 23.3 Å².